The van der Waals surface area contributed by atoms with Crippen molar-refractivity contribution < 1.29 is 29.2 Å². The number of rotatable bonds is 4. The number of nitrogens with zero attached hydrogens (tertiary/aromatic N) is 3. The molecule has 7 atom stereocenters. The zero-order valence-electron chi connectivity index (χ0n) is 19.4. The Morgan fingerprint density at radius 1 is 1.30 bits per heavy atom. The van der Waals surface area contributed by atoms with E-state index in [4.69, 9.17) is 19.9 Å². The summed E-state index contributed by atoms with van der Waals surface area (Å²) >= 11 is 0. The van der Waals surface area contributed by atoms with E-state index in [9.17, 15) is 15.0 Å². The molecule has 3 aliphatic rings. The monoisotopic (exact) mass is 460 g/mol. The first-order valence-electron chi connectivity index (χ1n) is 11.4. The van der Waals surface area contributed by atoms with E-state index < -0.39 is 30.1 Å². The van der Waals surface area contributed by atoms with Crippen LogP contribution in [0.5, 0.6) is 0 Å². The fourth-order valence-electron chi connectivity index (χ4n) is 6.27. The van der Waals surface area contributed by atoms with Gasteiger partial charge in [0.25, 0.3) is 0 Å². The van der Waals surface area contributed by atoms with E-state index in [2.05, 4.69) is 30.9 Å². The van der Waals surface area contributed by atoms with Gasteiger partial charge in [0.15, 0.2) is 5.82 Å². The first kappa shape index (κ1) is 22.4. The molecule has 0 aromatic carbocycles. The van der Waals surface area contributed by atoms with E-state index >= 15 is 0 Å². The first-order chi connectivity index (χ1) is 15.5. The molecule has 10 heteroatoms. The highest BCUT2D eigenvalue weighted by molar-refractivity contribution is 5.65. The minimum Gasteiger partial charge on any atom is -0.431 e. The van der Waals surface area contributed by atoms with Crippen LogP contribution in [0.2, 0.25) is 0 Å². The van der Waals surface area contributed by atoms with Crippen LogP contribution in [0.1, 0.15) is 52.7 Å². The van der Waals surface area contributed by atoms with Crippen LogP contribution in [0.15, 0.2) is 18.5 Å². The summed E-state index contributed by atoms with van der Waals surface area (Å²) in [6, 6.07) is 3.43. The van der Waals surface area contributed by atoms with Gasteiger partial charge in [0.1, 0.15) is 48.5 Å². The lowest BCUT2D eigenvalue weighted by Crippen LogP contribution is -2.40. The maximum atomic E-state index is 12.5. The Balaban J connectivity index is 1.26. The fraction of sp³-hybridized carbons (Fsp3) is 0.696. The van der Waals surface area contributed by atoms with Crippen LogP contribution in [0.3, 0.4) is 0 Å². The van der Waals surface area contributed by atoms with E-state index in [1.165, 1.54) is 10.8 Å². The molecule has 2 bridgehead atoms. The number of aromatic nitrogens is 3. The Bertz CT molecular complexity index is 1090. The summed E-state index contributed by atoms with van der Waals surface area (Å²) < 4.78 is 18.6. The third kappa shape index (κ3) is 3.07. The van der Waals surface area contributed by atoms with E-state index in [0.717, 1.165) is 19.3 Å². The Morgan fingerprint density at radius 3 is 2.73 bits per heavy atom. The van der Waals surface area contributed by atoms with Gasteiger partial charge in [0.2, 0.25) is 0 Å². The minimum atomic E-state index is -1.30. The fourth-order valence-corrected chi connectivity index (χ4v) is 6.27. The lowest BCUT2D eigenvalue weighted by molar-refractivity contribution is -0.0994. The number of carbonyl (C=O) groups excluding carboxylic acids is 1. The molecule has 2 aromatic rings. The Kier molecular flexibility index (Phi) is 4.94. The van der Waals surface area contributed by atoms with Crippen LogP contribution in [-0.2, 0) is 19.8 Å². The zero-order chi connectivity index (χ0) is 23.8. The second kappa shape index (κ2) is 7.28. The van der Waals surface area contributed by atoms with Crippen molar-refractivity contribution in [2.45, 2.75) is 77.0 Å². The van der Waals surface area contributed by atoms with E-state index in [1.54, 1.807) is 19.1 Å². The largest absolute Gasteiger partial charge is 0.508 e. The SMILES string of the molecule is CC1(C)[C@@H]2CC[C@@]1(C)[C@@H](OC(=O)OC[C@H]1O[C@@](C)(c3ccc4c(N)ncnn34)[C@H](O)[C@@H]1O)C2. The summed E-state index contributed by atoms with van der Waals surface area (Å²) in [5.74, 6) is 0.818. The maximum absolute atomic E-state index is 12.5. The minimum absolute atomic E-state index is 0.0748. The van der Waals surface area contributed by atoms with Crippen molar-refractivity contribution in [3.63, 3.8) is 0 Å². The molecule has 2 saturated carbocycles. The molecule has 2 aliphatic carbocycles. The van der Waals surface area contributed by atoms with Gasteiger partial charge in [-0.25, -0.2) is 14.3 Å². The zero-order valence-corrected chi connectivity index (χ0v) is 19.4. The van der Waals surface area contributed by atoms with Crippen LogP contribution in [0.25, 0.3) is 5.52 Å². The Labute approximate surface area is 192 Å². The average molecular weight is 461 g/mol. The molecule has 0 radical (unpaired) electrons. The second-order valence-corrected chi connectivity index (χ2v) is 10.6. The number of ether oxygens (including phenoxy) is 3. The third-order valence-electron chi connectivity index (χ3n) is 8.97. The molecule has 1 saturated heterocycles. The maximum Gasteiger partial charge on any atom is 0.508 e. The summed E-state index contributed by atoms with van der Waals surface area (Å²) in [5, 5.41) is 25.6. The average Bonchev–Trinajstić information content (AvgIpc) is 3.42. The molecule has 5 rings (SSSR count). The molecule has 0 amide bonds. The normalized spacial score (nSPS) is 39.3. The molecule has 10 nitrogen and oxygen atoms in total. The highest BCUT2D eigenvalue weighted by atomic mass is 16.7. The second-order valence-electron chi connectivity index (χ2n) is 10.6. The number of carbonyl (C=O) groups is 1. The van der Waals surface area contributed by atoms with Gasteiger partial charge in [-0.1, -0.05) is 20.8 Å². The van der Waals surface area contributed by atoms with Crippen LogP contribution >= 0.6 is 0 Å². The number of anilines is 1. The predicted octanol–water partition coefficient (Wildman–Crippen LogP) is 2.02. The van der Waals surface area contributed by atoms with Gasteiger partial charge in [-0.2, -0.15) is 5.10 Å². The van der Waals surface area contributed by atoms with Crippen molar-refractivity contribution in [3.05, 3.63) is 24.2 Å². The van der Waals surface area contributed by atoms with Crippen LogP contribution in [0.4, 0.5) is 10.6 Å². The standard InChI is InChI=1S/C23H32N4O6/c1-21(2)12-7-8-22(21,3)16(9-12)32-20(30)31-10-14-17(28)18(29)23(4,33-14)15-6-5-13-19(24)25-11-26-27(13)15/h5-6,11-12,14,16-18,28-29H,7-10H2,1-4H3,(H2,24,25,26)/t12-,14-,16+,17-,18-,22+,23+/m1/s1. The number of hydrogen-bond acceptors (Lipinski definition) is 9. The summed E-state index contributed by atoms with van der Waals surface area (Å²) in [4.78, 5) is 16.5. The molecular weight excluding hydrogens is 428 g/mol. The quantitative estimate of drug-likeness (QED) is 0.584. The molecule has 33 heavy (non-hydrogen) atoms. The van der Waals surface area contributed by atoms with Crippen molar-refractivity contribution in [1.29, 1.82) is 0 Å². The summed E-state index contributed by atoms with van der Waals surface area (Å²) in [6.07, 6.45) is -0.134. The Hall–Kier alpha value is -2.43. The van der Waals surface area contributed by atoms with Crippen molar-refractivity contribution in [1.82, 2.24) is 14.6 Å². The van der Waals surface area contributed by atoms with Gasteiger partial charge in [-0.15, -0.1) is 0 Å². The van der Waals surface area contributed by atoms with Crippen LogP contribution in [-0.4, -0.2) is 62.0 Å². The summed E-state index contributed by atoms with van der Waals surface area (Å²) in [6.45, 7) is 8.07. The van der Waals surface area contributed by atoms with Gasteiger partial charge >= 0.3 is 6.16 Å². The molecule has 0 spiro atoms. The van der Waals surface area contributed by atoms with E-state index in [1.807, 2.05) is 0 Å². The summed E-state index contributed by atoms with van der Waals surface area (Å²) in [7, 11) is 0. The van der Waals surface area contributed by atoms with Gasteiger partial charge in [0.05, 0.1) is 5.69 Å². The summed E-state index contributed by atoms with van der Waals surface area (Å²) in [5.41, 5.74) is 5.70. The van der Waals surface area contributed by atoms with Gasteiger partial charge in [0, 0.05) is 5.41 Å². The number of hydrogen-bond donors (Lipinski definition) is 3. The molecule has 3 heterocycles. The lowest BCUT2D eigenvalue weighted by atomic mass is 9.70. The van der Waals surface area contributed by atoms with Gasteiger partial charge in [-0.05, 0) is 49.7 Å². The molecule has 0 unspecified atom stereocenters. The van der Waals surface area contributed by atoms with Crippen molar-refractivity contribution in [2.24, 2.45) is 16.7 Å². The number of nitrogens with two attached hydrogens (primary N) is 1. The Morgan fingerprint density at radius 2 is 2.06 bits per heavy atom. The predicted molar refractivity (Wildman–Crippen MR) is 117 cm³/mol. The van der Waals surface area contributed by atoms with Crippen molar-refractivity contribution in [2.75, 3.05) is 12.3 Å². The van der Waals surface area contributed by atoms with Crippen molar-refractivity contribution in [3.8, 4) is 0 Å². The number of aliphatic hydroxyl groups is 2. The number of nitrogen functional groups attached to an aromatic ring is 1. The molecule has 3 fully saturated rings. The van der Waals surface area contributed by atoms with E-state index in [-0.39, 0.29) is 29.4 Å². The molecule has 1 aliphatic heterocycles. The lowest BCUT2D eigenvalue weighted by Gasteiger charge is -2.38. The van der Waals surface area contributed by atoms with Crippen LogP contribution in [0, 0.1) is 16.7 Å². The number of fused-ring (bicyclic) bond motifs is 3. The number of aliphatic hydroxyl groups excluding tert-OH is 2. The first-order valence-corrected chi connectivity index (χ1v) is 11.4. The third-order valence-corrected chi connectivity index (χ3v) is 8.97. The molecule has 180 valence electrons. The van der Waals surface area contributed by atoms with Gasteiger partial charge < -0.3 is 30.2 Å². The highest BCUT2D eigenvalue weighted by Gasteiger charge is 2.63. The molecule has 2 aromatic heterocycles. The van der Waals surface area contributed by atoms with Gasteiger partial charge in [-0.3, -0.25) is 0 Å². The van der Waals surface area contributed by atoms with Crippen molar-refractivity contribution >= 4 is 17.5 Å². The van der Waals surface area contributed by atoms with Crippen LogP contribution < -0.4 is 5.73 Å². The van der Waals surface area contributed by atoms with E-state index in [0.29, 0.717) is 17.1 Å². The molecular formula is C23H32N4O6. The topological polar surface area (TPSA) is 141 Å². The smallest absolute Gasteiger partial charge is 0.431 e. The molecule has 4 N–H and O–H groups in total. The highest BCUT2D eigenvalue weighted by Crippen LogP contribution is 2.66.